The van der Waals surface area contributed by atoms with Crippen molar-refractivity contribution >= 4 is 37.9 Å². The molecule has 7 nitrogen and oxygen atoms in total. The Morgan fingerprint density at radius 2 is 2.00 bits per heavy atom. The predicted octanol–water partition coefficient (Wildman–Crippen LogP) is 3.37. The van der Waals surface area contributed by atoms with Crippen molar-refractivity contribution in [3.05, 3.63) is 40.9 Å². The van der Waals surface area contributed by atoms with E-state index in [0.717, 1.165) is 41.4 Å². The first-order valence-corrected chi connectivity index (χ1v) is 11.8. The lowest BCUT2D eigenvalue weighted by atomic mass is 10.0. The number of oxime groups is 1. The quantitative estimate of drug-likeness (QED) is 0.823. The van der Waals surface area contributed by atoms with E-state index in [9.17, 15) is 8.42 Å². The van der Waals surface area contributed by atoms with Crippen LogP contribution < -0.4 is 9.62 Å². The molecule has 2 aromatic rings. The van der Waals surface area contributed by atoms with Gasteiger partial charge in [0.05, 0.1) is 11.9 Å². The summed E-state index contributed by atoms with van der Waals surface area (Å²) in [6, 6.07) is 7.24. The fourth-order valence-electron chi connectivity index (χ4n) is 3.39. The van der Waals surface area contributed by atoms with E-state index < -0.39 is 10.0 Å². The van der Waals surface area contributed by atoms with Crippen LogP contribution in [-0.2, 0) is 14.9 Å². The van der Waals surface area contributed by atoms with Crippen molar-refractivity contribution in [2.45, 2.75) is 31.8 Å². The van der Waals surface area contributed by atoms with E-state index in [2.05, 4.69) is 14.8 Å². The highest BCUT2D eigenvalue weighted by atomic mass is 32.2. The third-order valence-corrected chi connectivity index (χ3v) is 6.18. The summed E-state index contributed by atoms with van der Waals surface area (Å²) in [5.41, 5.74) is 2.94. The van der Waals surface area contributed by atoms with Crippen LogP contribution in [0.15, 0.2) is 34.8 Å². The van der Waals surface area contributed by atoms with Crippen LogP contribution in [0.1, 0.15) is 43.0 Å². The van der Waals surface area contributed by atoms with Gasteiger partial charge in [-0.3, -0.25) is 4.72 Å². The third-order valence-electron chi connectivity index (χ3n) is 4.69. The molecule has 2 aliphatic heterocycles. The number of benzene rings is 1. The summed E-state index contributed by atoms with van der Waals surface area (Å²) in [5.74, 6) is 0. The standard InChI is InChI=1S/C18H22N4O3S2/c1-27(23,24)21-14-8-4-3-7-13(14)17-11-15(20-25-17)16-12-26-18(19-16)22-9-5-2-6-10-22/h3-4,7-8,12,17,21H,2,5-6,9-11H2,1H3. The van der Waals surface area contributed by atoms with Gasteiger partial charge in [0.1, 0.15) is 11.4 Å². The van der Waals surface area contributed by atoms with Crippen molar-refractivity contribution in [2.75, 3.05) is 29.0 Å². The summed E-state index contributed by atoms with van der Waals surface area (Å²) in [5, 5.41) is 7.28. The van der Waals surface area contributed by atoms with E-state index in [4.69, 9.17) is 9.82 Å². The van der Waals surface area contributed by atoms with Crippen LogP contribution in [0, 0.1) is 0 Å². The average molecular weight is 407 g/mol. The molecule has 1 unspecified atom stereocenters. The fraction of sp³-hybridized carbons (Fsp3) is 0.444. The number of hydrogen-bond donors (Lipinski definition) is 1. The van der Waals surface area contributed by atoms with Gasteiger partial charge in [-0.25, -0.2) is 13.4 Å². The SMILES string of the molecule is CS(=O)(=O)Nc1ccccc1C1CC(c2csc(N3CCCCC3)n2)=NO1. The molecule has 144 valence electrons. The largest absolute Gasteiger partial charge is 0.387 e. The van der Waals surface area contributed by atoms with E-state index in [-0.39, 0.29) is 6.10 Å². The minimum atomic E-state index is -3.36. The van der Waals surface area contributed by atoms with Crippen molar-refractivity contribution < 1.29 is 13.3 Å². The van der Waals surface area contributed by atoms with Crippen molar-refractivity contribution in [3.8, 4) is 0 Å². The first-order valence-electron chi connectivity index (χ1n) is 9.00. The van der Waals surface area contributed by atoms with Crippen LogP contribution in [0.3, 0.4) is 0 Å². The number of rotatable bonds is 5. The Kier molecular flexibility index (Phi) is 5.05. The molecular weight excluding hydrogens is 384 g/mol. The molecule has 3 heterocycles. The molecule has 0 spiro atoms. The van der Waals surface area contributed by atoms with Gasteiger partial charge >= 0.3 is 0 Å². The van der Waals surface area contributed by atoms with Gasteiger partial charge in [-0.2, -0.15) is 0 Å². The van der Waals surface area contributed by atoms with Crippen LogP contribution in [-0.4, -0.2) is 38.5 Å². The van der Waals surface area contributed by atoms with Crippen molar-refractivity contribution in [2.24, 2.45) is 5.16 Å². The Morgan fingerprint density at radius 3 is 2.78 bits per heavy atom. The first-order chi connectivity index (χ1) is 13.0. The number of aromatic nitrogens is 1. The molecule has 0 aliphatic carbocycles. The monoisotopic (exact) mass is 406 g/mol. The summed E-state index contributed by atoms with van der Waals surface area (Å²) in [7, 11) is -3.36. The summed E-state index contributed by atoms with van der Waals surface area (Å²) in [6.45, 7) is 2.12. The van der Waals surface area contributed by atoms with Gasteiger partial charge in [0, 0.05) is 30.5 Å². The van der Waals surface area contributed by atoms with Crippen LogP contribution in [0.2, 0.25) is 0 Å². The van der Waals surface area contributed by atoms with Gasteiger partial charge in [0.2, 0.25) is 10.0 Å². The number of para-hydroxylation sites is 1. The molecule has 9 heteroatoms. The van der Waals surface area contributed by atoms with E-state index >= 15 is 0 Å². The molecule has 1 saturated heterocycles. The molecule has 1 aromatic heterocycles. The smallest absolute Gasteiger partial charge is 0.229 e. The van der Waals surface area contributed by atoms with Gasteiger partial charge in [-0.05, 0) is 25.3 Å². The normalized spacial score (nSPS) is 20.3. The molecule has 1 aromatic carbocycles. The minimum absolute atomic E-state index is 0.328. The van der Waals surface area contributed by atoms with Gasteiger partial charge in [0.15, 0.2) is 11.2 Å². The van der Waals surface area contributed by atoms with Crippen LogP contribution in [0.4, 0.5) is 10.8 Å². The van der Waals surface area contributed by atoms with Crippen molar-refractivity contribution in [1.82, 2.24) is 4.98 Å². The van der Waals surface area contributed by atoms with Gasteiger partial charge in [0.25, 0.3) is 0 Å². The Bertz CT molecular complexity index is 949. The second kappa shape index (κ2) is 7.47. The molecular formula is C18H22N4O3S2. The molecule has 0 amide bonds. The average Bonchev–Trinajstić information content (AvgIpc) is 3.31. The van der Waals surface area contributed by atoms with E-state index in [1.165, 1.54) is 19.3 Å². The zero-order chi connectivity index (χ0) is 18.9. The predicted molar refractivity (Wildman–Crippen MR) is 108 cm³/mol. The molecule has 27 heavy (non-hydrogen) atoms. The first kappa shape index (κ1) is 18.2. The number of anilines is 2. The lowest BCUT2D eigenvalue weighted by Crippen LogP contribution is -2.29. The zero-order valence-corrected chi connectivity index (χ0v) is 16.7. The molecule has 1 fully saturated rings. The van der Waals surface area contributed by atoms with Crippen molar-refractivity contribution in [3.63, 3.8) is 0 Å². The Morgan fingerprint density at radius 1 is 1.22 bits per heavy atom. The number of sulfonamides is 1. The highest BCUT2D eigenvalue weighted by Gasteiger charge is 2.28. The third kappa shape index (κ3) is 4.24. The van der Waals surface area contributed by atoms with Gasteiger partial charge < -0.3 is 9.74 Å². The van der Waals surface area contributed by atoms with Crippen LogP contribution in [0.5, 0.6) is 0 Å². The number of nitrogens with zero attached hydrogens (tertiary/aromatic N) is 3. The molecule has 0 bridgehead atoms. The maximum Gasteiger partial charge on any atom is 0.229 e. The molecule has 2 aliphatic rings. The van der Waals surface area contributed by atoms with Crippen LogP contribution >= 0.6 is 11.3 Å². The molecule has 1 atom stereocenters. The second-order valence-electron chi connectivity index (χ2n) is 6.86. The molecule has 0 saturated carbocycles. The second-order valence-corrected chi connectivity index (χ2v) is 9.45. The molecule has 4 rings (SSSR count). The summed E-state index contributed by atoms with van der Waals surface area (Å²) >= 11 is 1.64. The highest BCUT2D eigenvalue weighted by Crippen LogP contribution is 2.35. The Balaban J connectivity index is 1.49. The number of nitrogens with one attached hydrogen (secondary N) is 1. The molecule has 0 radical (unpaired) electrons. The number of piperidine rings is 1. The summed E-state index contributed by atoms with van der Waals surface area (Å²) in [6.07, 6.45) is 5.09. The highest BCUT2D eigenvalue weighted by molar-refractivity contribution is 7.92. The zero-order valence-electron chi connectivity index (χ0n) is 15.1. The lowest BCUT2D eigenvalue weighted by molar-refractivity contribution is 0.0862. The molecule has 1 N–H and O–H groups in total. The maximum atomic E-state index is 11.6. The summed E-state index contributed by atoms with van der Waals surface area (Å²) in [4.78, 5) is 12.7. The topological polar surface area (TPSA) is 83.9 Å². The Labute approximate surface area is 163 Å². The minimum Gasteiger partial charge on any atom is -0.387 e. The summed E-state index contributed by atoms with van der Waals surface area (Å²) < 4.78 is 25.8. The maximum absolute atomic E-state index is 11.6. The van der Waals surface area contributed by atoms with E-state index in [0.29, 0.717) is 12.1 Å². The van der Waals surface area contributed by atoms with E-state index in [1.54, 1.807) is 23.5 Å². The van der Waals surface area contributed by atoms with Crippen molar-refractivity contribution in [1.29, 1.82) is 0 Å². The van der Waals surface area contributed by atoms with E-state index in [1.807, 2.05) is 17.5 Å². The van der Waals surface area contributed by atoms with Gasteiger partial charge in [-0.15, -0.1) is 11.3 Å². The number of hydrogen-bond acceptors (Lipinski definition) is 7. The van der Waals surface area contributed by atoms with Crippen LogP contribution in [0.25, 0.3) is 0 Å². The fourth-order valence-corrected chi connectivity index (χ4v) is 4.87. The number of thiazole rings is 1. The van der Waals surface area contributed by atoms with Gasteiger partial charge in [-0.1, -0.05) is 23.4 Å². The Hall–Kier alpha value is -2.13. The lowest BCUT2D eigenvalue weighted by Gasteiger charge is -2.25.